The SMILES string of the molecule is O=C(Cn1cnc2c(oc3ccccc32)c1=O)NC1CCC(C(=O)O)CC1. The first-order chi connectivity index (χ1) is 13.0. The van der Waals surface area contributed by atoms with Gasteiger partial charge in [0.25, 0.3) is 5.56 Å². The molecular weight excluding hydrogens is 350 g/mol. The van der Waals surface area contributed by atoms with Gasteiger partial charge in [-0.05, 0) is 37.8 Å². The van der Waals surface area contributed by atoms with Crippen LogP contribution in [-0.2, 0) is 16.1 Å². The number of fused-ring (bicyclic) bond motifs is 3. The number of carboxylic acid groups (broad SMARTS) is 1. The molecule has 140 valence electrons. The second kappa shape index (κ2) is 6.86. The van der Waals surface area contributed by atoms with Crippen molar-refractivity contribution >= 4 is 33.9 Å². The number of para-hydroxylation sites is 1. The Morgan fingerprint density at radius 1 is 1.22 bits per heavy atom. The third kappa shape index (κ3) is 3.30. The summed E-state index contributed by atoms with van der Waals surface area (Å²) in [5, 5.41) is 12.7. The molecule has 0 radical (unpaired) electrons. The Balaban J connectivity index is 1.48. The molecule has 8 heteroatoms. The van der Waals surface area contributed by atoms with E-state index in [0.29, 0.717) is 36.8 Å². The first-order valence-corrected chi connectivity index (χ1v) is 8.92. The number of hydrogen-bond donors (Lipinski definition) is 2. The quantitative estimate of drug-likeness (QED) is 0.726. The Kier molecular flexibility index (Phi) is 4.39. The predicted octanol–water partition coefficient (Wildman–Crippen LogP) is 1.90. The van der Waals surface area contributed by atoms with E-state index in [4.69, 9.17) is 9.52 Å². The summed E-state index contributed by atoms with van der Waals surface area (Å²) in [5.41, 5.74) is 0.795. The van der Waals surface area contributed by atoms with Gasteiger partial charge >= 0.3 is 5.97 Å². The molecule has 0 bridgehead atoms. The highest BCUT2D eigenvalue weighted by Gasteiger charge is 2.26. The minimum absolute atomic E-state index is 0.0632. The van der Waals surface area contributed by atoms with Crippen molar-refractivity contribution < 1.29 is 19.1 Å². The highest BCUT2D eigenvalue weighted by atomic mass is 16.4. The van der Waals surface area contributed by atoms with Crippen LogP contribution in [0, 0.1) is 5.92 Å². The van der Waals surface area contributed by atoms with Gasteiger partial charge in [0.05, 0.1) is 12.2 Å². The Morgan fingerprint density at radius 2 is 1.96 bits per heavy atom. The highest BCUT2D eigenvalue weighted by molar-refractivity contribution is 6.01. The zero-order chi connectivity index (χ0) is 19.0. The number of nitrogens with zero attached hydrogens (tertiary/aromatic N) is 2. The fraction of sp³-hybridized carbons (Fsp3) is 0.368. The molecule has 0 spiro atoms. The summed E-state index contributed by atoms with van der Waals surface area (Å²) in [4.78, 5) is 40.2. The van der Waals surface area contributed by atoms with Crippen LogP contribution >= 0.6 is 0 Å². The summed E-state index contributed by atoms with van der Waals surface area (Å²) in [6.45, 7) is -0.155. The van der Waals surface area contributed by atoms with Gasteiger partial charge in [-0.3, -0.25) is 19.0 Å². The van der Waals surface area contributed by atoms with Crippen LogP contribution in [0.4, 0.5) is 0 Å². The fourth-order valence-corrected chi connectivity index (χ4v) is 3.64. The molecule has 0 atom stereocenters. The van der Waals surface area contributed by atoms with Crippen molar-refractivity contribution in [3.8, 4) is 0 Å². The Bertz CT molecular complexity index is 1080. The Morgan fingerprint density at radius 3 is 2.70 bits per heavy atom. The molecule has 3 aromatic rings. The number of amides is 1. The van der Waals surface area contributed by atoms with Gasteiger partial charge in [0.2, 0.25) is 11.5 Å². The van der Waals surface area contributed by atoms with Gasteiger partial charge in [-0.25, -0.2) is 4.98 Å². The van der Waals surface area contributed by atoms with E-state index < -0.39 is 11.5 Å². The van der Waals surface area contributed by atoms with Crippen LogP contribution in [-0.4, -0.2) is 32.6 Å². The molecule has 0 unspecified atom stereocenters. The fourth-order valence-electron chi connectivity index (χ4n) is 3.64. The first-order valence-electron chi connectivity index (χ1n) is 8.92. The van der Waals surface area contributed by atoms with Crippen LogP contribution in [0.1, 0.15) is 25.7 Å². The van der Waals surface area contributed by atoms with Crippen LogP contribution in [0.2, 0.25) is 0 Å². The van der Waals surface area contributed by atoms with Crippen molar-refractivity contribution in [2.45, 2.75) is 38.3 Å². The second-order valence-electron chi connectivity index (χ2n) is 6.91. The molecule has 1 saturated carbocycles. The molecule has 27 heavy (non-hydrogen) atoms. The third-order valence-electron chi connectivity index (χ3n) is 5.11. The molecule has 1 aromatic carbocycles. The number of aliphatic carboxylic acids is 1. The van der Waals surface area contributed by atoms with Crippen molar-refractivity contribution in [2.75, 3.05) is 0 Å². The maximum Gasteiger partial charge on any atom is 0.306 e. The van der Waals surface area contributed by atoms with E-state index in [2.05, 4.69) is 10.3 Å². The number of furan rings is 1. The number of benzene rings is 1. The van der Waals surface area contributed by atoms with E-state index >= 15 is 0 Å². The van der Waals surface area contributed by atoms with E-state index in [1.807, 2.05) is 18.2 Å². The van der Waals surface area contributed by atoms with Gasteiger partial charge in [0, 0.05) is 11.4 Å². The molecule has 4 rings (SSSR count). The Hall–Kier alpha value is -3.16. The van der Waals surface area contributed by atoms with E-state index in [1.54, 1.807) is 6.07 Å². The molecule has 8 nitrogen and oxygen atoms in total. The summed E-state index contributed by atoms with van der Waals surface area (Å²) >= 11 is 0. The lowest BCUT2D eigenvalue weighted by Crippen LogP contribution is -2.41. The molecule has 1 aliphatic rings. The van der Waals surface area contributed by atoms with Crippen LogP contribution in [0.25, 0.3) is 22.1 Å². The number of rotatable bonds is 4. The largest absolute Gasteiger partial charge is 0.481 e. The summed E-state index contributed by atoms with van der Waals surface area (Å²) in [7, 11) is 0. The highest BCUT2D eigenvalue weighted by Crippen LogP contribution is 2.25. The van der Waals surface area contributed by atoms with Crippen molar-refractivity contribution in [1.82, 2.24) is 14.9 Å². The number of carboxylic acids is 1. The number of aromatic nitrogens is 2. The number of hydrogen-bond acceptors (Lipinski definition) is 5. The molecule has 0 saturated heterocycles. The maximum absolute atomic E-state index is 12.6. The number of carbonyl (C=O) groups excluding carboxylic acids is 1. The average Bonchev–Trinajstić information content (AvgIpc) is 3.04. The van der Waals surface area contributed by atoms with Gasteiger partial charge < -0.3 is 14.8 Å². The maximum atomic E-state index is 12.6. The molecule has 2 heterocycles. The van der Waals surface area contributed by atoms with Crippen LogP contribution < -0.4 is 10.9 Å². The van der Waals surface area contributed by atoms with Gasteiger partial charge in [-0.2, -0.15) is 0 Å². The second-order valence-corrected chi connectivity index (χ2v) is 6.91. The minimum atomic E-state index is -0.781. The molecule has 0 aliphatic heterocycles. The summed E-state index contributed by atoms with van der Waals surface area (Å²) < 4.78 is 6.83. The van der Waals surface area contributed by atoms with E-state index in [9.17, 15) is 14.4 Å². The minimum Gasteiger partial charge on any atom is -0.481 e. The molecule has 1 aliphatic carbocycles. The normalized spacial score (nSPS) is 20.0. The summed E-state index contributed by atoms with van der Waals surface area (Å²) in [6.07, 6.45) is 3.70. The van der Waals surface area contributed by atoms with Crippen molar-refractivity contribution in [3.63, 3.8) is 0 Å². The van der Waals surface area contributed by atoms with Gasteiger partial charge in [-0.15, -0.1) is 0 Å². The van der Waals surface area contributed by atoms with Crippen molar-refractivity contribution in [3.05, 3.63) is 40.9 Å². The average molecular weight is 369 g/mol. The van der Waals surface area contributed by atoms with Crippen LogP contribution in [0.5, 0.6) is 0 Å². The molecule has 1 amide bonds. The van der Waals surface area contributed by atoms with E-state index in [0.717, 1.165) is 5.39 Å². The monoisotopic (exact) mass is 369 g/mol. The molecule has 1 fully saturated rings. The van der Waals surface area contributed by atoms with Crippen LogP contribution in [0.15, 0.2) is 39.8 Å². The molecule has 2 N–H and O–H groups in total. The van der Waals surface area contributed by atoms with Crippen molar-refractivity contribution in [1.29, 1.82) is 0 Å². The topological polar surface area (TPSA) is 114 Å². The van der Waals surface area contributed by atoms with Crippen LogP contribution in [0.3, 0.4) is 0 Å². The number of carbonyl (C=O) groups is 2. The number of nitrogens with one attached hydrogen (secondary N) is 1. The Labute approximate surface area is 153 Å². The van der Waals surface area contributed by atoms with Gasteiger partial charge in [-0.1, -0.05) is 12.1 Å². The van der Waals surface area contributed by atoms with Gasteiger partial charge in [0.15, 0.2) is 0 Å². The van der Waals surface area contributed by atoms with E-state index in [1.165, 1.54) is 10.9 Å². The molecule has 2 aromatic heterocycles. The predicted molar refractivity (Wildman–Crippen MR) is 97.3 cm³/mol. The summed E-state index contributed by atoms with van der Waals surface area (Å²) in [6, 6.07) is 7.19. The molecular formula is C19H19N3O5. The van der Waals surface area contributed by atoms with Gasteiger partial charge in [0.1, 0.15) is 17.6 Å². The zero-order valence-electron chi connectivity index (χ0n) is 14.6. The van der Waals surface area contributed by atoms with E-state index in [-0.39, 0.29) is 30.0 Å². The smallest absolute Gasteiger partial charge is 0.306 e. The lowest BCUT2D eigenvalue weighted by Gasteiger charge is -2.26. The zero-order valence-corrected chi connectivity index (χ0v) is 14.6. The third-order valence-corrected chi connectivity index (χ3v) is 5.11. The summed E-state index contributed by atoms with van der Waals surface area (Å²) in [5.74, 6) is -1.41. The lowest BCUT2D eigenvalue weighted by molar-refractivity contribution is -0.142. The van der Waals surface area contributed by atoms with Crippen molar-refractivity contribution in [2.24, 2.45) is 5.92 Å². The first kappa shape index (κ1) is 17.3. The lowest BCUT2D eigenvalue weighted by atomic mass is 9.86. The standard InChI is InChI=1S/C19H19N3O5/c23-15(21-12-7-5-11(6-8-12)19(25)26)9-22-10-20-16-13-3-1-2-4-14(13)27-17(16)18(22)24/h1-4,10-12H,5-9H2,(H,21,23)(H,25,26).